The topological polar surface area (TPSA) is 16.4 Å². The van der Waals surface area contributed by atoms with Crippen LogP contribution in [0.3, 0.4) is 0 Å². The first-order valence-electron chi connectivity index (χ1n) is 6.81. The van der Waals surface area contributed by atoms with Crippen molar-refractivity contribution in [1.82, 2.24) is 4.90 Å². The second-order valence-electron chi connectivity index (χ2n) is 5.18. The van der Waals surface area contributed by atoms with Gasteiger partial charge in [-0.15, -0.1) is 0 Å². The van der Waals surface area contributed by atoms with Crippen molar-refractivity contribution < 1.29 is 4.42 Å². The monoisotopic (exact) mass is 319 g/mol. The zero-order valence-electron chi connectivity index (χ0n) is 10.9. The number of furan rings is 1. The summed E-state index contributed by atoms with van der Waals surface area (Å²) in [7, 11) is 0. The molecule has 1 saturated heterocycles. The molecule has 0 saturated carbocycles. The van der Waals surface area contributed by atoms with Crippen LogP contribution in [0.25, 0.3) is 0 Å². The van der Waals surface area contributed by atoms with Gasteiger partial charge in [-0.2, -0.15) is 0 Å². The third-order valence-corrected chi connectivity index (χ3v) is 4.36. The molecule has 3 heteroatoms. The first kappa shape index (κ1) is 12.9. The molecule has 0 atom stereocenters. The molecule has 1 aliphatic rings. The SMILES string of the molecule is Brc1cccc(C2CCN(Cc3ccco3)CC2)c1. The van der Waals surface area contributed by atoms with Crippen molar-refractivity contribution >= 4 is 15.9 Å². The Morgan fingerprint density at radius 3 is 2.68 bits per heavy atom. The normalized spacial score (nSPS) is 17.7. The molecule has 0 N–H and O–H groups in total. The summed E-state index contributed by atoms with van der Waals surface area (Å²) in [6, 6.07) is 12.7. The molecule has 0 aliphatic carbocycles. The zero-order chi connectivity index (χ0) is 13.1. The van der Waals surface area contributed by atoms with E-state index < -0.39 is 0 Å². The standard InChI is InChI=1S/C16H18BrNO/c17-15-4-1-3-14(11-15)13-6-8-18(9-7-13)12-16-5-2-10-19-16/h1-5,10-11,13H,6-9,12H2. The Labute approximate surface area is 122 Å². The first-order chi connectivity index (χ1) is 9.31. The van der Waals surface area contributed by atoms with Crippen molar-refractivity contribution in [2.45, 2.75) is 25.3 Å². The molecule has 1 fully saturated rings. The molecular formula is C16H18BrNO. The van der Waals surface area contributed by atoms with Crippen LogP contribution in [0, 0.1) is 0 Å². The first-order valence-corrected chi connectivity index (χ1v) is 7.61. The van der Waals surface area contributed by atoms with Gasteiger partial charge in [-0.05, 0) is 61.7 Å². The molecule has 1 aromatic carbocycles. The summed E-state index contributed by atoms with van der Waals surface area (Å²) in [5.74, 6) is 1.77. The fourth-order valence-corrected chi connectivity index (χ4v) is 3.22. The Morgan fingerprint density at radius 1 is 1.16 bits per heavy atom. The molecule has 0 amide bonds. The van der Waals surface area contributed by atoms with Gasteiger partial charge < -0.3 is 4.42 Å². The number of piperidine rings is 1. The van der Waals surface area contributed by atoms with Gasteiger partial charge in [0.15, 0.2) is 0 Å². The maximum Gasteiger partial charge on any atom is 0.117 e. The highest BCUT2D eigenvalue weighted by atomic mass is 79.9. The minimum absolute atomic E-state index is 0.699. The minimum atomic E-state index is 0.699. The summed E-state index contributed by atoms with van der Waals surface area (Å²) >= 11 is 3.56. The number of hydrogen-bond acceptors (Lipinski definition) is 2. The Balaban J connectivity index is 1.57. The van der Waals surface area contributed by atoms with Crippen LogP contribution in [-0.2, 0) is 6.54 Å². The average Bonchev–Trinajstić information content (AvgIpc) is 2.92. The second kappa shape index (κ2) is 5.93. The number of halogens is 1. The van der Waals surface area contributed by atoms with Gasteiger partial charge in [0.1, 0.15) is 5.76 Å². The van der Waals surface area contributed by atoms with Gasteiger partial charge in [-0.1, -0.05) is 28.1 Å². The maximum atomic E-state index is 5.42. The van der Waals surface area contributed by atoms with Crippen LogP contribution in [0.15, 0.2) is 51.6 Å². The molecule has 19 heavy (non-hydrogen) atoms. The highest BCUT2D eigenvalue weighted by Crippen LogP contribution is 2.30. The molecule has 1 aliphatic heterocycles. The quantitative estimate of drug-likeness (QED) is 0.832. The maximum absolute atomic E-state index is 5.42. The lowest BCUT2D eigenvalue weighted by Crippen LogP contribution is -2.32. The number of benzene rings is 1. The van der Waals surface area contributed by atoms with E-state index in [2.05, 4.69) is 51.2 Å². The summed E-state index contributed by atoms with van der Waals surface area (Å²) in [4.78, 5) is 2.48. The van der Waals surface area contributed by atoms with Crippen molar-refractivity contribution in [3.8, 4) is 0 Å². The molecule has 1 aromatic heterocycles. The van der Waals surface area contributed by atoms with Crippen molar-refractivity contribution in [2.75, 3.05) is 13.1 Å². The van der Waals surface area contributed by atoms with E-state index in [1.807, 2.05) is 6.07 Å². The van der Waals surface area contributed by atoms with Gasteiger partial charge in [-0.3, -0.25) is 4.90 Å². The van der Waals surface area contributed by atoms with E-state index in [4.69, 9.17) is 4.42 Å². The average molecular weight is 320 g/mol. The molecule has 0 radical (unpaired) electrons. The van der Waals surface area contributed by atoms with Crippen molar-refractivity contribution in [3.63, 3.8) is 0 Å². The van der Waals surface area contributed by atoms with Crippen LogP contribution in [-0.4, -0.2) is 18.0 Å². The fourth-order valence-electron chi connectivity index (χ4n) is 2.81. The van der Waals surface area contributed by atoms with Gasteiger partial charge in [-0.25, -0.2) is 0 Å². The molecule has 100 valence electrons. The van der Waals surface area contributed by atoms with Gasteiger partial charge in [0.05, 0.1) is 12.8 Å². The number of hydrogen-bond donors (Lipinski definition) is 0. The van der Waals surface area contributed by atoms with E-state index in [1.54, 1.807) is 6.26 Å². The van der Waals surface area contributed by atoms with Gasteiger partial charge >= 0.3 is 0 Å². The number of rotatable bonds is 3. The van der Waals surface area contributed by atoms with Crippen LogP contribution in [0.5, 0.6) is 0 Å². The van der Waals surface area contributed by atoms with E-state index in [9.17, 15) is 0 Å². The molecular weight excluding hydrogens is 302 g/mol. The molecule has 2 heterocycles. The van der Waals surface area contributed by atoms with Crippen molar-refractivity contribution in [3.05, 3.63) is 58.5 Å². The minimum Gasteiger partial charge on any atom is -0.468 e. The van der Waals surface area contributed by atoms with Crippen LogP contribution in [0.1, 0.15) is 30.1 Å². The summed E-state index contributed by atoms with van der Waals surface area (Å²) < 4.78 is 6.60. The van der Waals surface area contributed by atoms with Crippen LogP contribution < -0.4 is 0 Å². The molecule has 3 rings (SSSR count). The lowest BCUT2D eigenvalue weighted by molar-refractivity contribution is 0.191. The second-order valence-corrected chi connectivity index (χ2v) is 6.10. The Hall–Kier alpha value is -1.06. The van der Waals surface area contributed by atoms with E-state index in [0.29, 0.717) is 5.92 Å². The molecule has 2 nitrogen and oxygen atoms in total. The van der Waals surface area contributed by atoms with Crippen LogP contribution in [0.2, 0.25) is 0 Å². The third kappa shape index (κ3) is 3.28. The third-order valence-electron chi connectivity index (χ3n) is 3.87. The predicted octanol–water partition coefficient (Wildman–Crippen LogP) is 4.42. The highest BCUT2D eigenvalue weighted by molar-refractivity contribution is 9.10. The van der Waals surface area contributed by atoms with E-state index >= 15 is 0 Å². The molecule has 0 unspecified atom stereocenters. The summed E-state index contributed by atoms with van der Waals surface area (Å²) in [5, 5.41) is 0. The zero-order valence-corrected chi connectivity index (χ0v) is 12.5. The van der Waals surface area contributed by atoms with Crippen molar-refractivity contribution in [2.24, 2.45) is 0 Å². The summed E-state index contributed by atoms with van der Waals surface area (Å²) in [6.45, 7) is 3.24. The van der Waals surface area contributed by atoms with Crippen LogP contribution >= 0.6 is 15.9 Å². The van der Waals surface area contributed by atoms with E-state index in [1.165, 1.54) is 22.9 Å². The smallest absolute Gasteiger partial charge is 0.117 e. The Bertz CT molecular complexity index is 515. The Morgan fingerprint density at radius 2 is 2.00 bits per heavy atom. The molecule has 2 aromatic rings. The van der Waals surface area contributed by atoms with Crippen LogP contribution in [0.4, 0.5) is 0 Å². The highest BCUT2D eigenvalue weighted by Gasteiger charge is 2.21. The van der Waals surface area contributed by atoms with Crippen molar-refractivity contribution in [1.29, 1.82) is 0 Å². The van der Waals surface area contributed by atoms with E-state index in [-0.39, 0.29) is 0 Å². The van der Waals surface area contributed by atoms with E-state index in [0.717, 1.165) is 25.4 Å². The Kier molecular flexibility index (Phi) is 4.04. The van der Waals surface area contributed by atoms with Gasteiger partial charge in [0.25, 0.3) is 0 Å². The summed E-state index contributed by atoms with van der Waals surface area (Å²) in [5.41, 5.74) is 1.46. The number of likely N-dealkylation sites (tertiary alicyclic amines) is 1. The number of nitrogens with zero attached hydrogens (tertiary/aromatic N) is 1. The fraction of sp³-hybridized carbons (Fsp3) is 0.375. The molecule has 0 spiro atoms. The predicted molar refractivity (Wildman–Crippen MR) is 80.1 cm³/mol. The lowest BCUT2D eigenvalue weighted by atomic mass is 9.89. The van der Waals surface area contributed by atoms with Gasteiger partial charge in [0.2, 0.25) is 0 Å². The molecule has 0 bridgehead atoms. The summed E-state index contributed by atoms with van der Waals surface area (Å²) in [6.07, 6.45) is 4.22. The lowest BCUT2D eigenvalue weighted by Gasteiger charge is -2.31. The van der Waals surface area contributed by atoms with Gasteiger partial charge in [0, 0.05) is 4.47 Å². The largest absolute Gasteiger partial charge is 0.468 e.